The number of methoxy groups -OCH3 is 1. The third-order valence-electron chi connectivity index (χ3n) is 2.10. The van der Waals surface area contributed by atoms with Crippen LogP contribution in [0.3, 0.4) is 0 Å². The number of rotatable bonds is 2. The van der Waals surface area contributed by atoms with Gasteiger partial charge in [0.25, 0.3) is 0 Å². The van der Waals surface area contributed by atoms with Crippen molar-refractivity contribution in [2.45, 2.75) is 0 Å². The highest BCUT2D eigenvalue weighted by Crippen LogP contribution is 2.34. The lowest BCUT2D eigenvalue weighted by Gasteiger charge is -2.17. The van der Waals surface area contributed by atoms with Crippen LogP contribution in [0, 0.1) is 0 Å². The van der Waals surface area contributed by atoms with Crippen molar-refractivity contribution in [1.29, 1.82) is 0 Å². The van der Waals surface area contributed by atoms with Gasteiger partial charge in [0.05, 0.1) is 7.11 Å². The van der Waals surface area contributed by atoms with Crippen LogP contribution in [0.5, 0.6) is 11.5 Å². The van der Waals surface area contributed by atoms with Crippen LogP contribution in [-0.2, 0) is 4.79 Å². The Kier molecular flexibility index (Phi) is 2.23. The van der Waals surface area contributed by atoms with Crippen LogP contribution in [0.15, 0.2) is 23.8 Å². The number of hydrogen-bond donors (Lipinski definition) is 0. The SMILES string of the molecule is COc1cccc2c1OCC(C=O)=C2. The molecule has 0 spiro atoms. The molecule has 0 amide bonds. The Morgan fingerprint density at radius 3 is 3.07 bits per heavy atom. The number of para-hydroxylation sites is 1. The molecular formula is C11H10O3. The van der Waals surface area contributed by atoms with Crippen molar-refractivity contribution in [3.8, 4) is 11.5 Å². The third kappa shape index (κ3) is 1.37. The van der Waals surface area contributed by atoms with E-state index in [1.807, 2.05) is 24.3 Å². The number of fused-ring (bicyclic) bond motifs is 1. The van der Waals surface area contributed by atoms with E-state index in [2.05, 4.69) is 0 Å². The zero-order valence-corrected chi connectivity index (χ0v) is 7.82. The molecule has 0 aliphatic carbocycles. The second kappa shape index (κ2) is 3.54. The molecule has 0 radical (unpaired) electrons. The third-order valence-corrected chi connectivity index (χ3v) is 2.10. The summed E-state index contributed by atoms with van der Waals surface area (Å²) in [6.45, 7) is 0.316. The Labute approximate surface area is 81.9 Å². The first kappa shape index (κ1) is 8.81. The van der Waals surface area contributed by atoms with Gasteiger partial charge in [0.1, 0.15) is 12.9 Å². The quantitative estimate of drug-likeness (QED) is 0.665. The van der Waals surface area contributed by atoms with E-state index in [0.717, 1.165) is 11.8 Å². The highest BCUT2D eigenvalue weighted by Gasteiger charge is 2.14. The van der Waals surface area contributed by atoms with Gasteiger partial charge >= 0.3 is 0 Å². The summed E-state index contributed by atoms with van der Waals surface area (Å²) in [5.74, 6) is 1.41. The minimum Gasteiger partial charge on any atom is -0.493 e. The molecule has 1 heterocycles. The Morgan fingerprint density at radius 2 is 2.36 bits per heavy atom. The molecule has 1 aromatic carbocycles. The summed E-state index contributed by atoms with van der Waals surface area (Å²) in [7, 11) is 1.60. The fourth-order valence-electron chi connectivity index (χ4n) is 1.43. The van der Waals surface area contributed by atoms with E-state index in [0.29, 0.717) is 23.7 Å². The van der Waals surface area contributed by atoms with Gasteiger partial charge < -0.3 is 9.47 Å². The van der Waals surface area contributed by atoms with Gasteiger partial charge in [0.2, 0.25) is 0 Å². The van der Waals surface area contributed by atoms with Gasteiger partial charge in [-0.1, -0.05) is 12.1 Å². The van der Waals surface area contributed by atoms with Crippen molar-refractivity contribution in [2.75, 3.05) is 13.7 Å². The molecule has 1 aliphatic rings. The van der Waals surface area contributed by atoms with Crippen LogP contribution in [-0.4, -0.2) is 20.0 Å². The lowest BCUT2D eigenvalue weighted by molar-refractivity contribution is -0.105. The second-order valence-electron chi connectivity index (χ2n) is 3.00. The van der Waals surface area contributed by atoms with Crippen molar-refractivity contribution in [1.82, 2.24) is 0 Å². The number of benzene rings is 1. The van der Waals surface area contributed by atoms with Gasteiger partial charge in [-0.25, -0.2) is 0 Å². The maximum Gasteiger partial charge on any atom is 0.168 e. The second-order valence-corrected chi connectivity index (χ2v) is 3.00. The van der Waals surface area contributed by atoms with E-state index in [1.54, 1.807) is 7.11 Å². The molecule has 1 aromatic rings. The summed E-state index contributed by atoms with van der Waals surface area (Å²) in [5.41, 5.74) is 1.53. The Morgan fingerprint density at radius 1 is 1.50 bits per heavy atom. The topological polar surface area (TPSA) is 35.5 Å². The maximum absolute atomic E-state index is 10.5. The fourth-order valence-corrected chi connectivity index (χ4v) is 1.43. The van der Waals surface area contributed by atoms with Crippen LogP contribution in [0.1, 0.15) is 5.56 Å². The summed E-state index contributed by atoms with van der Waals surface area (Å²) < 4.78 is 10.6. The molecule has 3 heteroatoms. The van der Waals surface area contributed by atoms with Crippen LogP contribution in [0.25, 0.3) is 6.08 Å². The number of carbonyl (C=O) groups is 1. The summed E-state index contributed by atoms with van der Waals surface area (Å²) >= 11 is 0. The molecule has 0 saturated heterocycles. The first-order valence-electron chi connectivity index (χ1n) is 4.30. The van der Waals surface area contributed by atoms with Crippen molar-refractivity contribution in [3.63, 3.8) is 0 Å². The van der Waals surface area contributed by atoms with Gasteiger partial charge in [0, 0.05) is 11.1 Å². The van der Waals surface area contributed by atoms with Crippen molar-refractivity contribution in [3.05, 3.63) is 29.3 Å². The molecule has 0 N–H and O–H groups in total. The predicted molar refractivity (Wildman–Crippen MR) is 52.5 cm³/mol. The average Bonchev–Trinajstić information content (AvgIpc) is 2.27. The van der Waals surface area contributed by atoms with Gasteiger partial charge in [-0.05, 0) is 12.1 Å². The smallest absolute Gasteiger partial charge is 0.168 e. The summed E-state index contributed by atoms with van der Waals surface area (Å²) in [6.07, 6.45) is 2.62. The molecule has 0 unspecified atom stereocenters. The van der Waals surface area contributed by atoms with E-state index in [4.69, 9.17) is 9.47 Å². The maximum atomic E-state index is 10.5. The lowest BCUT2D eigenvalue weighted by Crippen LogP contribution is -2.08. The van der Waals surface area contributed by atoms with Gasteiger partial charge in [-0.2, -0.15) is 0 Å². The molecule has 2 rings (SSSR count). The number of hydrogen-bond acceptors (Lipinski definition) is 3. The molecule has 1 aliphatic heterocycles. The molecule has 0 saturated carbocycles. The van der Waals surface area contributed by atoms with Crippen LogP contribution >= 0.6 is 0 Å². The van der Waals surface area contributed by atoms with Crippen molar-refractivity contribution in [2.24, 2.45) is 0 Å². The minimum absolute atomic E-state index is 0.316. The van der Waals surface area contributed by atoms with E-state index in [9.17, 15) is 4.79 Å². The van der Waals surface area contributed by atoms with E-state index >= 15 is 0 Å². The Hall–Kier alpha value is -1.77. The zero-order valence-electron chi connectivity index (χ0n) is 7.82. The van der Waals surface area contributed by atoms with Crippen LogP contribution in [0.2, 0.25) is 0 Å². The van der Waals surface area contributed by atoms with E-state index < -0.39 is 0 Å². The molecule has 0 aromatic heterocycles. The van der Waals surface area contributed by atoms with Gasteiger partial charge in [-0.3, -0.25) is 4.79 Å². The van der Waals surface area contributed by atoms with E-state index in [-0.39, 0.29) is 0 Å². The van der Waals surface area contributed by atoms with Crippen LogP contribution < -0.4 is 9.47 Å². The molecular weight excluding hydrogens is 180 g/mol. The van der Waals surface area contributed by atoms with Crippen molar-refractivity contribution < 1.29 is 14.3 Å². The largest absolute Gasteiger partial charge is 0.493 e. The zero-order chi connectivity index (χ0) is 9.97. The highest BCUT2D eigenvalue weighted by atomic mass is 16.5. The predicted octanol–water partition coefficient (Wildman–Crippen LogP) is 1.67. The standard InChI is InChI=1S/C11H10O3/c1-13-10-4-2-3-9-5-8(6-12)7-14-11(9)10/h2-6H,7H2,1H3. The monoisotopic (exact) mass is 190 g/mol. The number of ether oxygens (including phenoxy) is 2. The summed E-state index contributed by atoms with van der Waals surface area (Å²) in [6, 6.07) is 5.59. The summed E-state index contributed by atoms with van der Waals surface area (Å²) in [4.78, 5) is 10.5. The number of aldehydes is 1. The fraction of sp³-hybridized carbons (Fsp3) is 0.182. The first-order chi connectivity index (χ1) is 6.85. The molecule has 72 valence electrons. The summed E-state index contributed by atoms with van der Waals surface area (Å²) in [5, 5.41) is 0. The Balaban J connectivity index is 2.50. The molecule has 3 nitrogen and oxygen atoms in total. The lowest BCUT2D eigenvalue weighted by atomic mass is 10.1. The van der Waals surface area contributed by atoms with Gasteiger partial charge in [0.15, 0.2) is 11.5 Å². The van der Waals surface area contributed by atoms with Crippen molar-refractivity contribution >= 4 is 12.4 Å². The first-order valence-corrected chi connectivity index (χ1v) is 4.30. The highest BCUT2D eigenvalue weighted by molar-refractivity contribution is 5.84. The van der Waals surface area contributed by atoms with Crippen LogP contribution in [0.4, 0.5) is 0 Å². The molecule has 0 atom stereocenters. The normalized spacial score (nSPS) is 13.6. The Bertz CT molecular complexity index is 394. The van der Waals surface area contributed by atoms with E-state index in [1.165, 1.54) is 0 Å². The molecule has 0 fully saturated rings. The molecule has 0 bridgehead atoms. The average molecular weight is 190 g/mol. The number of carbonyl (C=O) groups excluding carboxylic acids is 1. The minimum atomic E-state index is 0.316. The van der Waals surface area contributed by atoms with Gasteiger partial charge in [-0.15, -0.1) is 0 Å². The molecule has 14 heavy (non-hydrogen) atoms.